The number of ether oxygens (including phenoxy) is 1. The molecule has 33 heavy (non-hydrogen) atoms. The van der Waals surface area contributed by atoms with Crippen molar-refractivity contribution in [1.29, 1.82) is 0 Å². The van der Waals surface area contributed by atoms with Crippen LogP contribution in [0, 0.1) is 0 Å². The zero-order valence-electron chi connectivity index (χ0n) is 19.9. The standard InChI is InChI=1S/C29H32N2O2/c1-30(2)26-11-7-22(8-12-26)16-24-18-25(17-23-9-13-27(14-10-23)31(3)4)20-29(19-24)33-21-28-6-5-15-32-28/h5-15,18-20H,16-17,21H2,1-4H3. The number of benzene rings is 3. The third-order valence-electron chi connectivity index (χ3n) is 5.71. The fraction of sp³-hybridized carbons (Fsp3) is 0.241. The van der Waals surface area contributed by atoms with Crippen molar-refractivity contribution < 1.29 is 9.15 Å². The van der Waals surface area contributed by atoms with E-state index in [9.17, 15) is 0 Å². The van der Waals surface area contributed by atoms with Crippen LogP contribution in [0.2, 0.25) is 0 Å². The van der Waals surface area contributed by atoms with E-state index >= 15 is 0 Å². The minimum absolute atomic E-state index is 0.422. The van der Waals surface area contributed by atoms with Crippen LogP contribution in [-0.4, -0.2) is 28.2 Å². The average molecular weight is 441 g/mol. The van der Waals surface area contributed by atoms with Gasteiger partial charge in [0.25, 0.3) is 0 Å². The van der Waals surface area contributed by atoms with E-state index in [0.717, 1.165) is 24.4 Å². The zero-order chi connectivity index (χ0) is 23.2. The molecule has 4 rings (SSSR count). The lowest BCUT2D eigenvalue weighted by Gasteiger charge is -2.15. The summed E-state index contributed by atoms with van der Waals surface area (Å²) in [7, 11) is 8.25. The minimum Gasteiger partial charge on any atom is -0.486 e. The maximum atomic E-state index is 6.10. The highest BCUT2D eigenvalue weighted by molar-refractivity contribution is 5.49. The van der Waals surface area contributed by atoms with E-state index in [1.54, 1.807) is 6.26 Å². The molecule has 0 saturated heterocycles. The minimum atomic E-state index is 0.422. The summed E-state index contributed by atoms with van der Waals surface area (Å²) in [5.74, 6) is 1.69. The molecule has 0 N–H and O–H groups in total. The molecule has 4 aromatic rings. The Balaban J connectivity index is 1.56. The first kappa shape index (κ1) is 22.5. The normalized spacial score (nSPS) is 10.8. The monoisotopic (exact) mass is 440 g/mol. The molecule has 3 aromatic carbocycles. The van der Waals surface area contributed by atoms with Gasteiger partial charge in [-0.1, -0.05) is 30.3 Å². The molecule has 0 radical (unpaired) electrons. The smallest absolute Gasteiger partial charge is 0.146 e. The average Bonchev–Trinajstić information content (AvgIpc) is 3.32. The fourth-order valence-electron chi connectivity index (χ4n) is 3.86. The van der Waals surface area contributed by atoms with Crippen molar-refractivity contribution in [3.63, 3.8) is 0 Å². The second-order valence-corrected chi connectivity index (χ2v) is 8.83. The predicted molar refractivity (Wildman–Crippen MR) is 137 cm³/mol. The van der Waals surface area contributed by atoms with Gasteiger partial charge < -0.3 is 19.0 Å². The van der Waals surface area contributed by atoms with Gasteiger partial charge in [0, 0.05) is 39.6 Å². The molecule has 0 aliphatic heterocycles. The number of anilines is 2. The van der Waals surface area contributed by atoms with Gasteiger partial charge in [0.1, 0.15) is 18.1 Å². The summed E-state index contributed by atoms with van der Waals surface area (Å²) < 4.78 is 11.5. The van der Waals surface area contributed by atoms with Gasteiger partial charge in [-0.15, -0.1) is 0 Å². The van der Waals surface area contributed by atoms with E-state index in [1.165, 1.54) is 33.6 Å². The Morgan fingerprint density at radius 1 is 0.636 bits per heavy atom. The molecule has 0 spiro atoms. The summed E-state index contributed by atoms with van der Waals surface area (Å²) >= 11 is 0. The predicted octanol–water partition coefficient (Wildman–Crippen LogP) is 6.17. The van der Waals surface area contributed by atoms with Crippen molar-refractivity contribution in [1.82, 2.24) is 0 Å². The Hall–Kier alpha value is -3.66. The van der Waals surface area contributed by atoms with Crippen molar-refractivity contribution >= 4 is 11.4 Å². The summed E-state index contributed by atoms with van der Waals surface area (Å²) in [4.78, 5) is 4.24. The van der Waals surface area contributed by atoms with Gasteiger partial charge in [-0.3, -0.25) is 0 Å². The van der Waals surface area contributed by atoms with Crippen LogP contribution in [0.5, 0.6) is 5.75 Å². The van der Waals surface area contributed by atoms with Crippen molar-refractivity contribution in [3.8, 4) is 5.75 Å². The van der Waals surface area contributed by atoms with Crippen LogP contribution in [0.4, 0.5) is 11.4 Å². The Morgan fingerprint density at radius 2 is 1.15 bits per heavy atom. The molecule has 0 aliphatic carbocycles. The molecule has 1 aromatic heterocycles. The van der Waals surface area contributed by atoms with E-state index in [4.69, 9.17) is 9.15 Å². The molecule has 0 unspecified atom stereocenters. The van der Waals surface area contributed by atoms with Gasteiger partial charge in [0.05, 0.1) is 6.26 Å². The van der Waals surface area contributed by atoms with E-state index in [-0.39, 0.29) is 0 Å². The lowest BCUT2D eigenvalue weighted by Crippen LogP contribution is -2.08. The topological polar surface area (TPSA) is 28.9 Å². The van der Waals surface area contributed by atoms with Crippen LogP contribution >= 0.6 is 0 Å². The molecule has 0 atom stereocenters. The maximum absolute atomic E-state index is 6.10. The van der Waals surface area contributed by atoms with Crippen LogP contribution in [0.25, 0.3) is 0 Å². The Kier molecular flexibility index (Phi) is 7.04. The largest absolute Gasteiger partial charge is 0.486 e. The molecule has 0 fully saturated rings. The lowest BCUT2D eigenvalue weighted by atomic mass is 9.98. The van der Waals surface area contributed by atoms with Gasteiger partial charge >= 0.3 is 0 Å². The van der Waals surface area contributed by atoms with E-state index in [0.29, 0.717) is 6.61 Å². The Bertz CT molecular complexity index is 1070. The quantitative estimate of drug-likeness (QED) is 0.311. The van der Waals surface area contributed by atoms with Gasteiger partial charge in [0.15, 0.2) is 0 Å². The first-order valence-electron chi connectivity index (χ1n) is 11.3. The molecule has 0 bridgehead atoms. The highest BCUT2D eigenvalue weighted by atomic mass is 16.5. The van der Waals surface area contributed by atoms with Crippen molar-refractivity contribution in [2.24, 2.45) is 0 Å². The number of hydrogen-bond donors (Lipinski definition) is 0. The SMILES string of the molecule is CN(C)c1ccc(Cc2cc(Cc3ccc(N(C)C)cc3)cc(OCc3ccco3)c2)cc1. The fourth-order valence-corrected chi connectivity index (χ4v) is 3.86. The van der Waals surface area contributed by atoms with Gasteiger partial charge in [-0.2, -0.15) is 0 Å². The molecule has 4 nitrogen and oxygen atoms in total. The zero-order valence-corrected chi connectivity index (χ0v) is 19.9. The molecule has 1 heterocycles. The van der Waals surface area contributed by atoms with Gasteiger partial charge in [0.2, 0.25) is 0 Å². The third kappa shape index (κ3) is 6.19. The maximum Gasteiger partial charge on any atom is 0.146 e. The van der Waals surface area contributed by atoms with Gasteiger partial charge in [-0.25, -0.2) is 0 Å². The number of rotatable bonds is 9. The van der Waals surface area contributed by atoms with Crippen LogP contribution in [-0.2, 0) is 19.4 Å². The number of nitrogens with zero attached hydrogens (tertiary/aromatic N) is 2. The highest BCUT2D eigenvalue weighted by Gasteiger charge is 2.07. The molecule has 170 valence electrons. The Morgan fingerprint density at radius 3 is 1.58 bits per heavy atom. The van der Waals surface area contributed by atoms with Gasteiger partial charge in [-0.05, 0) is 83.6 Å². The van der Waals surface area contributed by atoms with Crippen molar-refractivity contribution in [2.75, 3.05) is 38.0 Å². The number of furan rings is 1. The van der Waals surface area contributed by atoms with Crippen LogP contribution in [0.3, 0.4) is 0 Å². The first-order valence-corrected chi connectivity index (χ1v) is 11.3. The van der Waals surface area contributed by atoms with E-state index < -0.39 is 0 Å². The molecular formula is C29H32N2O2. The molecular weight excluding hydrogens is 408 g/mol. The molecule has 4 heteroatoms. The lowest BCUT2D eigenvalue weighted by molar-refractivity contribution is 0.270. The third-order valence-corrected chi connectivity index (χ3v) is 5.71. The second kappa shape index (κ2) is 10.3. The number of hydrogen-bond acceptors (Lipinski definition) is 4. The molecule has 0 aliphatic rings. The summed E-state index contributed by atoms with van der Waals surface area (Å²) in [6, 6.07) is 27.9. The second-order valence-electron chi connectivity index (χ2n) is 8.83. The first-order chi connectivity index (χ1) is 16.0. The van der Waals surface area contributed by atoms with Crippen LogP contribution in [0.1, 0.15) is 28.0 Å². The molecule has 0 saturated carbocycles. The highest BCUT2D eigenvalue weighted by Crippen LogP contribution is 2.24. The van der Waals surface area contributed by atoms with E-state index in [2.05, 4.69) is 105 Å². The summed E-state index contributed by atoms with van der Waals surface area (Å²) in [5.41, 5.74) is 7.45. The van der Waals surface area contributed by atoms with Crippen LogP contribution in [0.15, 0.2) is 89.5 Å². The summed E-state index contributed by atoms with van der Waals surface area (Å²) in [5, 5.41) is 0. The van der Waals surface area contributed by atoms with Crippen LogP contribution < -0.4 is 14.5 Å². The van der Waals surface area contributed by atoms with Crippen molar-refractivity contribution in [3.05, 3.63) is 113 Å². The van der Waals surface area contributed by atoms with E-state index in [1.807, 2.05) is 12.1 Å². The van der Waals surface area contributed by atoms with Crippen molar-refractivity contribution in [2.45, 2.75) is 19.4 Å². The summed E-state index contributed by atoms with van der Waals surface area (Å²) in [6.45, 7) is 0.422. The molecule has 0 amide bonds. The Labute approximate surface area is 197 Å². The summed E-state index contributed by atoms with van der Waals surface area (Å²) in [6.07, 6.45) is 3.39.